The van der Waals surface area contributed by atoms with E-state index in [0.717, 1.165) is 26.9 Å². The SMILES string of the molecule is CCN(Cc1ccc(Br)s1)C(=O)CSc1nnc(-c2ccncc2)n1CC. The highest BCUT2D eigenvalue weighted by Gasteiger charge is 2.17. The zero-order chi connectivity index (χ0) is 19.2. The zero-order valence-electron chi connectivity index (χ0n) is 15.1. The number of carbonyl (C=O) groups excluding carboxylic acids is 1. The molecule has 3 rings (SSSR count). The average Bonchev–Trinajstić information content (AvgIpc) is 3.30. The molecule has 3 aromatic heterocycles. The van der Waals surface area contributed by atoms with E-state index < -0.39 is 0 Å². The van der Waals surface area contributed by atoms with E-state index in [1.54, 1.807) is 23.7 Å². The minimum atomic E-state index is 0.100. The van der Waals surface area contributed by atoms with Crippen LogP contribution in [0.2, 0.25) is 0 Å². The lowest BCUT2D eigenvalue weighted by atomic mass is 10.2. The number of thioether (sulfide) groups is 1. The molecule has 1 amide bonds. The molecule has 142 valence electrons. The summed E-state index contributed by atoms with van der Waals surface area (Å²) < 4.78 is 3.11. The van der Waals surface area contributed by atoms with Crippen molar-refractivity contribution in [2.24, 2.45) is 0 Å². The molecule has 0 spiro atoms. The first kappa shape index (κ1) is 20.0. The van der Waals surface area contributed by atoms with Crippen molar-refractivity contribution >= 4 is 44.9 Å². The van der Waals surface area contributed by atoms with Gasteiger partial charge in [-0.25, -0.2) is 0 Å². The summed E-state index contributed by atoms with van der Waals surface area (Å²) in [6.45, 7) is 6.10. The molecule has 3 aromatic rings. The Bertz CT molecular complexity index is 896. The van der Waals surface area contributed by atoms with Gasteiger partial charge in [-0.15, -0.1) is 21.5 Å². The van der Waals surface area contributed by atoms with Gasteiger partial charge in [0.2, 0.25) is 5.91 Å². The van der Waals surface area contributed by atoms with Crippen molar-refractivity contribution in [1.82, 2.24) is 24.6 Å². The Morgan fingerprint density at radius 2 is 2.00 bits per heavy atom. The Labute approximate surface area is 175 Å². The highest BCUT2D eigenvalue weighted by atomic mass is 79.9. The molecule has 6 nitrogen and oxygen atoms in total. The van der Waals surface area contributed by atoms with Gasteiger partial charge in [0.1, 0.15) is 0 Å². The first-order valence-electron chi connectivity index (χ1n) is 8.60. The van der Waals surface area contributed by atoms with Crippen LogP contribution in [0.15, 0.2) is 45.6 Å². The predicted octanol–water partition coefficient (Wildman–Crippen LogP) is 4.32. The number of halogens is 1. The fourth-order valence-electron chi connectivity index (χ4n) is 2.61. The molecule has 0 aliphatic heterocycles. The van der Waals surface area contributed by atoms with Crippen LogP contribution >= 0.6 is 39.0 Å². The van der Waals surface area contributed by atoms with Gasteiger partial charge in [-0.1, -0.05) is 11.8 Å². The van der Waals surface area contributed by atoms with Gasteiger partial charge in [0.15, 0.2) is 11.0 Å². The Hall–Kier alpha value is -1.71. The summed E-state index contributed by atoms with van der Waals surface area (Å²) in [7, 11) is 0. The Morgan fingerprint density at radius 1 is 1.22 bits per heavy atom. The molecule has 0 fully saturated rings. The van der Waals surface area contributed by atoms with Crippen molar-refractivity contribution in [3.8, 4) is 11.4 Å². The van der Waals surface area contributed by atoms with Gasteiger partial charge >= 0.3 is 0 Å². The van der Waals surface area contributed by atoms with Gasteiger partial charge in [-0.3, -0.25) is 9.78 Å². The van der Waals surface area contributed by atoms with Crippen LogP contribution in [0, 0.1) is 0 Å². The van der Waals surface area contributed by atoms with Crippen LogP contribution in [0.5, 0.6) is 0 Å². The number of carbonyl (C=O) groups is 1. The number of nitrogens with zero attached hydrogens (tertiary/aromatic N) is 5. The standard InChI is InChI=1S/C18H20BrN5OS2/c1-3-23(11-14-5-6-15(19)27-14)16(25)12-26-18-22-21-17(24(18)4-2)13-7-9-20-10-8-13/h5-10H,3-4,11-12H2,1-2H3. The smallest absolute Gasteiger partial charge is 0.233 e. The molecule has 0 atom stereocenters. The minimum absolute atomic E-state index is 0.100. The highest BCUT2D eigenvalue weighted by molar-refractivity contribution is 9.11. The average molecular weight is 466 g/mol. The van der Waals surface area contributed by atoms with Crippen molar-refractivity contribution in [1.29, 1.82) is 0 Å². The van der Waals surface area contributed by atoms with E-state index in [1.807, 2.05) is 47.6 Å². The molecule has 0 bridgehead atoms. The van der Waals surface area contributed by atoms with Gasteiger partial charge in [0.25, 0.3) is 0 Å². The first-order valence-corrected chi connectivity index (χ1v) is 11.2. The van der Waals surface area contributed by atoms with Crippen LogP contribution in [0.1, 0.15) is 18.7 Å². The van der Waals surface area contributed by atoms with E-state index in [9.17, 15) is 4.79 Å². The maximum Gasteiger partial charge on any atom is 0.233 e. The van der Waals surface area contributed by atoms with Crippen molar-refractivity contribution in [3.05, 3.63) is 45.3 Å². The summed E-state index contributed by atoms with van der Waals surface area (Å²) >= 11 is 6.55. The van der Waals surface area contributed by atoms with E-state index >= 15 is 0 Å². The fraction of sp³-hybridized carbons (Fsp3) is 0.333. The topological polar surface area (TPSA) is 63.9 Å². The molecule has 0 unspecified atom stereocenters. The molecular weight excluding hydrogens is 446 g/mol. The first-order chi connectivity index (χ1) is 13.1. The molecule has 0 radical (unpaired) electrons. The molecule has 0 saturated carbocycles. The van der Waals surface area contributed by atoms with Crippen LogP contribution in [0.3, 0.4) is 0 Å². The Morgan fingerprint density at radius 3 is 2.63 bits per heavy atom. The Kier molecular flexibility index (Phi) is 7.03. The number of pyridine rings is 1. The van der Waals surface area contributed by atoms with Crippen molar-refractivity contribution in [2.45, 2.75) is 32.1 Å². The third kappa shape index (κ3) is 4.97. The minimum Gasteiger partial charge on any atom is -0.337 e. The van der Waals surface area contributed by atoms with Crippen molar-refractivity contribution < 1.29 is 4.79 Å². The Balaban J connectivity index is 1.67. The summed E-state index contributed by atoms with van der Waals surface area (Å²) in [5.41, 5.74) is 0.969. The summed E-state index contributed by atoms with van der Waals surface area (Å²) in [5.74, 6) is 1.24. The lowest BCUT2D eigenvalue weighted by Gasteiger charge is -2.19. The monoisotopic (exact) mass is 465 g/mol. The highest BCUT2D eigenvalue weighted by Crippen LogP contribution is 2.25. The normalized spacial score (nSPS) is 10.9. The maximum atomic E-state index is 12.7. The fourth-order valence-corrected chi connectivity index (χ4v) is 5.02. The third-order valence-electron chi connectivity index (χ3n) is 4.01. The third-order valence-corrected chi connectivity index (χ3v) is 6.57. The summed E-state index contributed by atoms with van der Waals surface area (Å²) in [4.78, 5) is 19.7. The van der Waals surface area contributed by atoms with Gasteiger partial charge in [0.05, 0.1) is 16.1 Å². The van der Waals surface area contributed by atoms with E-state index in [0.29, 0.717) is 18.8 Å². The number of hydrogen-bond acceptors (Lipinski definition) is 6. The molecule has 0 aromatic carbocycles. The second kappa shape index (κ2) is 9.48. The molecule has 27 heavy (non-hydrogen) atoms. The largest absolute Gasteiger partial charge is 0.337 e. The lowest BCUT2D eigenvalue weighted by molar-refractivity contribution is -0.128. The van der Waals surface area contributed by atoms with E-state index in [-0.39, 0.29) is 5.91 Å². The van der Waals surface area contributed by atoms with Crippen LogP contribution < -0.4 is 0 Å². The van der Waals surface area contributed by atoms with Crippen LogP contribution in [0.4, 0.5) is 0 Å². The molecule has 0 N–H and O–H groups in total. The van der Waals surface area contributed by atoms with Gasteiger partial charge in [-0.2, -0.15) is 0 Å². The molecular formula is C18H20BrN5OS2. The van der Waals surface area contributed by atoms with Gasteiger partial charge in [-0.05, 0) is 54.0 Å². The van der Waals surface area contributed by atoms with Crippen LogP contribution in [-0.2, 0) is 17.9 Å². The van der Waals surface area contributed by atoms with Gasteiger partial charge < -0.3 is 9.47 Å². The zero-order valence-corrected chi connectivity index (χ0v) is 18.4. The van der Waals surface area contributed by atoms with Crippen molar-refractivity contribution in [2.75, 3.05) is 12.3 Å². The van der Waals surface area contributed by atoms with E-state index in [2.05, 4.69) is 31.1 Å². The molecule has 0 aliphatic carbocycles. The summed E-state index contributed by atoms with van der Waals surface area (Å²) in [5, 5.41) is 9.35. The number of thiophene rings is 1. The van der Waals surface area contributed by atoms with E-state index in [1.165, 1.54) is 16.6 Å². The maximum absolute atomic E-state index is 12.7. The van der Waals surface area contributed by atoms with Crippen molar-refractivity contribution in [3.63, 3.8) is 0 Å². The summed E-state index contributed by atoms with van der Waals surface area (Å²) in [6, 6.07) is 7.88. The molecule has 0 aliphatic rings. The number of hydrogen-bond donors (Lipinski definition) is 0. The summed E-state index contributed by atoms with van der Waals surface area (Å²) in [6.07, 6.45) is 3.48. The molecule has 9 heteroatoms. The van der Waals surface area contributed by atoms with Gasteiger partial charge in [0, 0.05) is 35.9 Å². The number of rotatable bonds is 8. The second-order valence-electron chi connectivity index (χ2n) is 5.69. The quantitative estimate of drug-likeness (QED) is 0.463. The van der Waals surface area contributed by atoms with Crippen LogP contribution in [0.25, 0.3) is 11.4 Å². The van der Waals surface area contributed by atoms with Crippen LogP contribution in [-0.4, -0.2) is 42.9 Å². The number of aromatic nitrogens is 4. The molecule has 3 heterocycles. The lowest BCUT2D eigenvalue weighted by Crippen LogP contribution is -2.31. The predicted molar refractivity (Wildman–Crippen MR) is 113 cm³/mol. The second-order valence-corrected chi connectivity index (χ2v) is 9.18. The van der Waals surface area contributed by atoms with E-state index in [4.69, 9.17) is 0 Å². The number of amides is 1. The molecule has 0 saturated heterocycles.